The molecule has 0 aromatic rings. The average Bonchev–Trinajstić information content (AvgIpc) is 2.27. The van der Waals surface area contributed by atoms with Crippen molar-refractivity contribution < 1.29 is 5.11 Å². The number of rotatable bonds is 3. The van der Waals surface area contributed by atoms with E-state index in [4.69, 9.17) is 5.73 Å². The van der Waals surface area contributed by atoms with E-state index >= 15 is 0 Å². The topological polar surface area (TPSA) is 46.2 Å². The molecule has 0 aromatic carbocycles. The number of hydrogen-bond acceptors (Lipinski definition) is 2. The van der Waals surface area contributed by atoms with Gasteiger partial charge in [-0.2, -0.15) is 0 Å². The fraction of sp³-hybridized carbons (Fsp3) is 1.00. The maximum atomic E-state index is 9.75. The number of nitrogens with two attached hydrogens (primary N) is 1. The van der Waals surface area contributed by atoms with Gasteiger partial charge in [0.1, 0.15) is 0 Å². The molecule has 1 rings (SSSR count). The number of hydrogen-bond donors (Lipinski definition) is 2. The second-order valence-corrected chi connectivity index (χ2v) is 6.93. The van der Waals surface area contributed by atoms with Crippen molar-refractivity contribution in [1.82, 2.24) is 0 Å². The molecule has 4 atom stereocenters. The van der Waals surface area contributed by atoms with Crippen molar-refractivity contribution in [2.24, 2.45) is 17.6 Å². The lowest BCUT2D eigenvalue weighted by atomic mass is 9.80. The van der Waals surface area contributed by atoms with Gasteiger partial charge in [0.05, 0.1) is 6.10 Å². The van der Waals surface area contributed by atoms with Gasteiger partial charge in [-0.05, 0) is 32.1 Å². The molecule has 0 amide bonds. The lowest BCUT2D eigenvalue weighted by Crippen LogP contribution is -2.48. The highest BCUT2D eigenvalue weighted by Gasteiger charge is 2.28. The summed E-state index contributed by atoms with van der Waals surface area (Å²) in [7, 11) is 0. The summed E-state index contributed by atoms with van der Waals surface area (Å²) < 4.78 is 0. The van der Waals surface area contributed by atoms with Gasteiger partial charge in [0.15, 0.2) is 0 Å². The van der Waals surface area contributed by atoms with E-state index in [1.54, 1.807) is 0 Å². The predicted molar refractivity (Wildman–Crippen MR) is 78.5 cm³/mol. The molecule has 0 aromatic heterocycles. The van der Waals surface area contributed by atoms with Crippen molar-refractivity contribution in [3.8, 4) is 0 Å². The molecule has 18 heavy (non-hydrogen) atoms. The molecule has 1 aliphatic carbocycles. The quantitative estimate of drug-likeness (QED) is 0.804. The molecule has 4 unspecified atom stereocenters. The van der Waals surface area contributed by atoms with Gasteiger partial charge < -0.3 is 10.8 Å². The zero-order valence-electron chi connectivity index (χ0n) is 12.6. The number of aliphatic hydroxyl groups excluding tert-OH is 1. The molecule has 2 heteroatoms. The van der Waals surface area contributed by atoms with Gasteiger partial charge in [-0.25, -0.2) is 0 Å². The third-order valence-corrected chi connectivity index (χ3v) is 4.80. The fourth-order valence-corrected chi connectivity index (χ4v) is 3.14. The Balaban J connectivity index is 2.46. The Kier molecular flexibility index (Phi) is 6.65. The van der Waals surface area contributed by atoms with Crippen LogP contribution in [0.15, 0.2) is 0 Å². The van der Waals surface area contributed by atoms with Crippen molar-refractivity contribution >= 4 is 0 Å². The van der Waals surface area contributed by atoms with Crippen LogP contribution in [-0.4, -0.2) is 16.7 Å². The molecule has 0 heterocycles. The molecule has 3 N–H and O–H groups in total. The smallest absolute Gasteiger partial charge is 0.0688 e. The van der Waals surface area contributed by atoms with Crippen molar-refractivity contribution in [3.05, 3.63) is 0 Å². The summed E-state index contributed by atoms with van der Waals surface area (Å²) in [4.78, 5) is 0. The maximum Gasteiger partial charge on any atom is 0.0688 e. The summed E-state index contributed by atoms with van der Waals surface area (Å²) in [6.07, 6.45) is 11.4. The highest BCUT2D eigenvalue weighted by Crippen LogP contribution is 2.30. The second-order valence-electron chi connectivity index (χ2n) is 6.93. The summed E-state index contributed by atoms with van der Waals surface area (Å²) in [5, 5.41) is 9.75. The van der Waals surface area contributed by atoms with Gasteiger partial charge in [-0.15, -0.1) is 0 Å². The van der Waals surface area contributed by atoms with Gasteiger partial charge in [-0.1, -0.05) is 58.3 Å². The van der Waals surface area contributed by atoms with E-state index < -0.39 is 11.6 Å². The third-order valence-electron chi connectivity index (χ3n) is 4.80. The van der Waals surface area contributed by atoms with Crippen LogP contribution in [0, 0.1) is 11.8 Å². The van der Waals surface area contributed by atoms with Crippen LogP contribution in [0.25, 0.3) is 0 Å². The summed E-state index contributed by atoms with van der Waals surface area (Å²) in [5.41, 5.74) is 5.81. The molecule has 1 aliphatic rings. The van der Waals surface area contributed by atoms with Gasteiger partial charge in [0, 0.05) is 5.54 Å². The fourth-order valence-electron chi connectivity index (χ4n) is 3.14. The normalized spacial score (nSPS) is 32.5. The van der Waals surface area contributed by atoms with Crippen LogP contribution in [0.1, 0.15) is 78.6 Å². The zero-order chi connectivity index (χ0) is 13.6. The molecule has 1 saturated carbocycles. The van der Waals surface area contributed by atoms with Gasteiger partial charge >= 0.3 is 0 Å². The van der Waals surface area contributed by atoms with Gasteiger partial charge in [-0.3, -0.25) is 0 Å². The molecular formula is C16H33NO. The van der Waals surface area contributed by atoms with Crippen LogP contribution in [-0.2, 0) is 0 Å². The average molecular weight is 255 g/mol. The molecule has 108 valence electrons. The van der Waals surface area contributed by atoms with Crippen molar-refractivity contribution in [2.45, 2.75) is 90.2 Å². The monoisotopic (exact) mass is 255 g/mol. The summed E-state index contributed by atoms with van der Waals surface area (Å²) in [5.74, 6) is 1.60. The van der Waals surface area contributed by atoms with Crippen LogP contribution in [0.5, 0.6) is 0 Å². The van der Waals surface area contributed by atoms with Crippen molar-refractivity contribution in [3.63, 3.8) is 0 Å². The van der Waals surface area contributed by atoms with Crippen LogP contribution in [0.3, 0.4) is 0 Å². The first kappa shape index (κ1) is 16.0. The van der Waals surface area contributed by atoms with Crippen LogP contribution in [0.2, 0.25) is 0 Å². The highest BCUT2D eigenvalue weighted by atomic mass is 16.3. The number of aliphatic hydroxyl groups is 1. The molecule has 0 spiro atoms. The molecule has 0 bridgehead atoms. The van der Waals surface area contributed by atoms with E-state index in [2.05, 4.69) is 6.92 Å². The highest BCUT2D eigenvalue weighted by molar-refractivity contribution is 4.87. The Labute approximate surface area is 113 Å². The van der Waals surface area contributed by atoms with Crippen LogP contribution >= 0.6 is 0 Å². The molecule has 0 radical (unpaired) electrons. The first-order valence-corrected chi connectivity index (χ1v) is 7.89. The summed E-state index contributed by atoms with van der Waals surface area (Å²) in [6.45, 7) is 6.21. The Morgan fingerprint density at radius 1 is 1.11 bits per heavy atom. The molecular weight excluding hydrogens is 222 g/mol. The minimum atomic E-state index is -0.416. The summed E-state index contributed by atoms with van der Waals surface area (Å²) >= 11 is 0. The van der Waals surface area contributed by atoms with E-state index in [0.29, 0.717) is 5.92 Å². The van der Waals surface area contributed by atoms with E-state index in [1.165, 1.54) is 51.4 Å². The van der Waals surface area contributed by atoms with Crippen molar-refractivity contribution in [2.75, 3.05) is 0 Å². The van der Waals surface area contributed by atoms with E-state index in [-0.39, 0.29) is 0 Å². The molecule has 0 saturated heterocycles. The molecule has 0 aliphatic heterocycles. The third kappa shape index (κ3) is 5.71. The lowest BCUT2D eigenvalue weighted by molar-refractivity contribution is 0.0897. The minimum absolute atomic E-state index is 0.410. The Bertz CT molecular complexity index is 225. The molecule has 2 nitrogen and oxygen atoms in total. The van der Waals surface area contributed by atoms with Gasteiger partial charge in [0.2, 0.25) is 0 Å². The summed E-state index contributed by atoms with van der Waals surface area (Å²) in [6, 6.07) is 0. The Hall–Kier alpha value is -0.0800. The molecule has 1 fully saturated rings. The van der Waals surface area contributed by atoms with E-state index in [1.807, 2.05) is 13.8 Å². The first-order chi connectivity index (χ1) is 8.42. The maximum absolute atomic E-state index is 9.75. The standard InChI is InChI=1S/C16H33NO/c1-13-8-5-4-6-10-15(11-7-9-13)12-16(3,17)14(2)18/h13-15,18H,4-12,17H2,1-3H3. The van der Waals surface area contributed by atoms with Gasteiger partial charge in [0.25, 0.3) is 0 Å². The largest absolute Gasteiger partial charge is 0.392 e. The first-order valence-electron chi connectivity index (χ1n) is 7.89. The van der Waals surface area contributed by atoms with Crippen molar-refractivity contribution in [1.29, 1.82) is 0 Å². The van der Waals surface area contributed by atoms with Crippen LogP contribution < -0.4 is 5.73 Å². The SMILES string of the molecule is CC1CCCCCC(CC(C)(N)C(C)O)CCC1. The Morgan fingerprint density at radius 3 is 2.33 bits per heavy atom. The second kappa shape index (κ2) is 7.49. The lowest BCUT2D eigenvalue weighted by Gasteiger charge is -2.33. The van der Waals surface area contributed by atoms with E-state index in [0.717, 1.165) is 12.3 Å². The van der Waals surface area contributed by atoms with E-state index in [9.17, 15) is 5.11 Å². The minimum Gasteiger partial charge on any atom is -0.392 e. The van der Waals surface area contributed by atoms with Crippen LogP contribution in [0.4, 0.5) is 0 Å². The Morgan fingerprint density at radius 2 is 1.67 bits per heavy atom. The predicted octanol–water partition coefficient (Wildman–Crippen LogP) is 3.86. The zero-order valence-corrected chi connectivity index (χ0v) is 12.6.